The Kier molecular flexibility index (Phi) is 5.13. The lowest BCUT2D eigenvalue weighted by Gasteiger charge is -2.02. The molecule has 122 valence electrons. The standard InChI is InChI=1S/C18H15ClN2O2S/c1-23-15-8-2-12(3-9-15)10-16-11-20-18(24-16)21-17(22)13-4-6-14(19)7-5-13/h2-9,11H,10H2,1H3,(H,20,21,22). The molecule has 0 saturated heterocycles. The second-order valence-corrected chi connectivity index (χ2v) is 6.67. The molecule has 0 atom stereocenters. The van der Waals surface area contributed by atoms with Crippen molar-refractivity contribution < 1.29 is 9.53 Å². The van der Waals surface area contributed by atoms with E-state index in [1.807, 2.05) is 24.3 Å². The van der Waals surface area contributed by atoms with E-state index in [0.29, 0.717) is 15.7 Å². The summed E-state index contributed by atoms with van der Waals surface area (Å²) in [4.78, 5) is 17.5. The number of amides is 1. The number of benzene rings is 2. The lowest BCUT2D eigenvalue weighted by Crippen LogP contribution is -2.11. The molecule has 1 aromatic heterocycles. The number of carbonyl (C=O) groups excluding carboxylic acids is 1. The number of aromatic nitrogens is 1. The van der Waals surface area contributed by atoms with Crippen LogP contribution in [-0.2, 0) is 6.42 Å². The Morgan fingerprint density at radius 1 is 1.17 bits per heavy atom. The van der Waals surface area contributed by atoms with Crippen LogP contribution in [0, 0.1) is 0 Å². The number of anilines is 1. The van der Waals surface area contributed by atoms with Gasteiger partial charge in [-0.25, -0.2) is 4.98 Å². The Morgan fingerprint density at radius 2 is 1.88 bits per heavy atom. The zero-order chi connectivity index (χ0) is 16.9. The van der Waals surface area contributed by atoms with Crippen molar-refractivity contribution in [2.75, 3.05) is 12.4 Å². The highest BCUT2D eigenvalue weighted by Gasteiger charge is 2.09. The molecule has 1 amide bonds. The first-order chi connectivity index (χ1) is 11.6. The average Bonchev–Trinajstić information content (AvgIpc) is 3.03. The Bertz CT molecular complexity index is 829. The van der Waals surface area contributed by atoms with E-state index in [0.717, 1.165) is 22.6 Å². The van der Waals surface area contributed by atoms with Gasteiger partial charge >= 0.3 is 0 Å². The molecule has 4 nitrogen and oxygen atoms in total. The zero-order valence-electron chi connectivity index (χ0n) is 13.0. The van der Waals surface area contributed by atoms with Crippen molar-refractivity contribution in [3.8, 4) is 5.75 Å². The molecule has 24 heavy (non-hydrogen) atoms. The Balaban J connectivity index is 1.64. The summed E-state index contributed by atoms with van der Waals surface area (Å²) in [6, 6.07) is 14.6. The van der Waals surface area contributed by atoms with Gasteiger partial charge in [-0.2, -0.15) is 0 Å². The summed E-state index contributed by atoms with van der Waals surface area (Å²) in [5, 5.41) is 3.99. The monoisotopic (exact) mass is 358 g/mol. The van der Waals surface area contributed by atoms with Crippen molar-refractivity contribution in [2.45, 2.75) is 6.42 Å². The summed E-state index contributed by atoms with van der Waals surface area (Å²) in [6.07, 6.45) is 2.55. The summed E-state index contributed by atoms with van der Waals surface area (Å²) >= 11 is 7.29. The van der Waals surface area contributed by atoms with E-state index >= 15 is 0 Å². The minimum Gasteiger partial charge on any atom is -0.497 e. The molecule has 1 heterocycles. The third kappa shape index (κ3) is 4.13. The number of hydrogen-bond donors (Lipinski definition) is 1. The van der Waals surface area contributed by atoms with Crippen molar-refractivity contribution in [2.24, 2.45) is 0 Å². The molecule has 0 fully saturated rings. The first-order valence-electron chi connectivity index (χ1n) is 7.28. The predicted molar refractivity (Wildman–Crippen MR) is 97.3 cm³/mol. The second-order valence-electron chi connectivity index (χ2n) is 5.12. The van der Waals surface area contributed by atoms with Gasteiger partial charge in [0.25, 0.3) is 5.91 Å². The second kappa shape index (κ2) is 7.47. The Hall–Kier alpha value is -2.37. The third-order valence-corrected chi connectivity index (χ3v) is 4.58. The van der Waals surface area contributed by atoms with Gasteiger partial charge in [0.2, 0.25) is 0 Å². The van der Waals surface area contributed by atoms with E-state index in [4.69, 9.17) is 16.3 Å². The molecule has 2 aromatic carbocycles. The Labute approximate surface area is 149 Å². The van der Waals surface area contributed by atoms with Gasteiger partial charge in [0.05, 0.1) is 7.11 Å². The number of rotatable bonds is 5. The fraction of sp³-hybridized carbons (Fsp3) is 0.111. The maximum atomic E-state index is 12.2. The number of ether oxygens (including phenoxy) is 1. The van der Waals surface area contributed by atoms with E-state index in [-0.39, 0.29) is 5.91 Å². The van der Waals surface area contributed by atoms with Crippen LogP contribution in [0.25, 0.3) is 0 Å². The van der Waals surface area contributed by atoms with Crippen LogP contribution < -0.4 is 10.1 Å². The minimum absolute atomic E-state index is 0.197. The van der Waals surface area contributed by atoms with Crippen molar-refractivity contribution >= 4 is 34.0 Å². The summed E-state index contributed by atoms with van der Waals surface area (Å²) < 4.78 is 5.15. The summed E-state index contributed by atoms with van der Waals surface area (Å²) in [6.45, 7) is 0. The normalized spacial score (nSPS) is 10.4. The highest BCUT2D eigenvalue weighted by Crippen LogP contribution is 2.23. The van der Waals surface area contributed by atoms with Crippen LogP contribution in [0.3, 0.4) is 0 Å². The molecular formula is C18H15ClN2O2S. The predicted octanol–water partition coefficient (Wildman–Crippen LogP) is 4.65. The number of nitrogens with zero attached hydrogens (tertiary/aromatic N) is 1. The van der Waals surface area contributed by atoms with E-state index < -0.39 is 0 Å². The molecule has 0 aliphatic heterocycles. The van der Waals surface area contributed by atoms with Gasteiger partial charge in [-0.1, -0.05) is 23.7 Å². The molecule has 3 aromatic rings. The van der Waals surface area contributed by atoms with Crippen molar-refractivity contribution in [3.63, 3.8) is 0 Å². The zero-order valence-corrected chi connectivity index (χ0v) is 14.5. The molecule has 0 saturated carbocycles. The maximum absolute atomic E-state index is 12.2. The summed E-state index contributed by atoms with van der Waals surface area (Å²) in [5.41, 5.74) is 1.71. The average molecular weight is 359 g/mol. The van der Waals surface area contributed by atoms with Gasteiger partial charge in [-0.15, -0.1) is 11.3 Å². The smallest absolute Gasteiger partial charge is 0.257 e. The van der Waals surface area contributed by atoms with Gasteiger partial charge in [0.15, 0.2) is 5.13 Å². The molecule has 0 spiro atoms. The van der Waals surface area contributed by atoms with Crippen LogP contribution in [0.1, 0.15) is 20.8 Å². The quantitative estimate of drug-likeness (QED) is 0.722. The third-order valence-electron chi connectivity index (χ3n) is 3.42. The van der Waals surface area contributed by atoms with Gasteiger partial charge in [-0.3, -0.25) is 10.1 Å². The summed E-state index contributed by atoms with van der Waals surface area (Å²) in [7, 11) is 1.65. The highest BCUT2D eigenvalue weighted by atomic mass is 35.5. The number of methoxy groups -OCH3 is 1. The molecule has 0 unspecified atom stereocenters. The highest BCUT2D eigenvalue weighted by molar-refractivity contribution is 7.15. The van der Waals surface area contributed by atoms with Crippen LogP contribution in [0.5, 0.6) is 5.75 Å². The number of carbonyl (C=O) groups is 1. The molecular weight excluding hydrogens is 344 g/mol. The number of hydrogen-bond acceptors (Lipinski definition) is 4. The first kappa shape index (κ1) is 16.5. The lowest BCUT2D eigenvalue weighted by molar-refractivity contribution is 0.102. The van der Waals surface area contributed by atoms with Gasteiger partial charge < -0.3 is 4.74 Å². The number of nitrogens with one attached hydrogen (secondary N) is 1. The fourth-order valence-corrected chi connectivity index (χ4v) is 3.13. The van der Waals surface area contributed by atoms with E-state index in [1.165, 1.54) is 11.3 Å². The lowest BCUT2D eigenvalue weighted by atomic mass is 10.1. The first-order valence-corrected chi connectivity index (χ1v) is 8.48. The number of halogens is 1. The molecule has 0 radical (unpaired) electrons. The van der Waals surface area contributed by atoms with E-state index in [9.17, 15) is 4.79 Å². The topological polar surface area (TPSA) is 51.2 Å². The minimum atomic E-state index is -0.197. The molecule has 0 aliphatic rings. The van der Waals surface area contributed by atoms with Crippen LogP contribution >= 0.6 is 22.9 Å². The molecule has 0 bridgehead atoms. The molecule has 3 rings (SSSR count). The fourth-order valence-electron chi connectivity index (χ4n) is 2.16. The Morgan fingerprint density at radius 3 is 2.54 bits per heavy atom. The largest absolute Gasteiger partial charge is 0.497 e. The van der Waals surface area contributed by atoms with Crippen LogP contribution in [-0.4, -0.2) is 18.0 Å². The van der Waals surface area contributed by atoms with Crippen molar-refractivity contribution in [1.29, 1.82) is 0 Å². The van der Waals surface area contributed by atoms with Crippen LogP contribution in [0.4, 0.5) is 5.13 Å². The van der Waals surface area contributed by atoms with Gasteiger partial charge in [-0.05, 0) is 42.0 Å². The van der Waals surface area contributed by atoms with Crippen molar-refractivity contribution in [1.82, 2.24) is 4.98 Å². The van der Waals surface area contributed by atoms with Crippen molar-refractivity contribution in [3.05, 3.63) is 75.8 Å². The molecule has 6 heteroatoms. The molecule has 0 aliphatic carbocycles. The van der Waals surface area contributed by atoms with Crippen LogP contribution in [0.2, 0.25) is 5.02 Å². The molecule has 1 N–H and O–H groups in total. The SMILES string of the molecule is COc1ccc(Cc2cnc(NC(=O)c3ccc(Cl)cc3)s2)cc1. The van der Waals surface area contributed by atoms with Gasteiger partial charge in [0.1, 0.15) is 5.75 Å². The maximum Gasteiger partial charge on any atom is 0.257 e. The number of thiazole rings is 1. The van der Waals surface area contributed by atoms with E-state index in [2.05, 4.69) is 10.3 Å². The summed E-state index contributed by atoms with van der Waals surface area (Å²) in [5.74, 6) is 0.635. The van der Waals surface area contributed by atoms with Crippen LogP contribution in [0.15, 0.2) is 54.7 Å². The van der Waals surface area contributed by atoms with E-state index in [1.54, 1.807) is 37.6 Å². The van der Waals surface area contributed by atoms with Gasteiger partial charge in [0, 0.05) is 28.1 Å².